The van der Waals surface area contributed by atoms with Gasteiger partial charge in [0.2, 0.25) is 0 Å². The first-order chi connectivity index (χ1) is 9.11. The zero-order chi connectivity index (χ0) is 13.9. The fourth-order valence-electron chi connectivity index (χ4n) is 1.82. The van der Waals surface area contributed by atoms with Crippen molar-refractivity contribution in [2.24, 2.45) is 0 Å². The van der Waals surface area contributed by atoms with Crippen LogP contribution < -0.4 is 21.3 Å². The normalized spacial score (nSPS) is 14.6. The van der Waals surface area contributed by atoms with Crippen LogP contribution in [0.5, 0.6) is 0 Å². The van der Waals surface area contributed by atoms with E-state index in [0.717, 1.165) is 0 Å². The van der Waals surface area contributed by atoms with Gasteiger partial charge in [-0.25, -0.2) is 4.79 Å². The number of amides is 2. The summed E-state index contributed by atoms with van der Waals surface area (Å²) in [5.41, 5.74) is 1.38. The molecule has 0 fully saturated rings. The Morgan fingerprint density at radius 1 is 1.26 bits per heavy atom. The minimum atomic E-state index is -1.63. The third kappa shape index (κ3) is 2.40. The van der Waals surface area contributed by atoms with Gasteiger partial charge in [0.1, 0.15) is 0 Å². The Hall–Kier alpha value is -2.44. The first-order valence-electron chi connectivity index (χ1n) is 5.95. The van der Waals surface area contributed by atoms with Crippen LogP contribution >= 0.6 is 0 Å². The molecule has 19 heavy (non-hydrogen) atoms. The highest BCUT2D eigenvalue weighted by molar-refractivity contribution is 5.97. The molecule has 0 aliphatic carbocycles. The molecule has 4 N–H and O–H groups in total. The quantitative estimate of drug-likeness (QED) is 0.644. The summed E-state index contributed by atoms with van der Waals surface area (Å²) in [4.78, 5) is 23.6. The summed E-state index contributed by atoms with van der Waals surface area (Å²) in [6.07, 6.45) is -0.682. The van der Waals surface area contributed by atoms with Crippen LogP contribution in [0.1, 0.15) is 6.92 Å². The van der Waals surface area contributed by atoms with Crippen LogP contribution in [-0.2, 0) is 9.53 Å². The minimum Gasteiger partial charge on any atom is -0.394 e. The number of carbonyl (C=O) groups is 2. The van der Waals surface area contributed by atoms with Crippen molar-refractivity contribution in [2.45, 2.75) is 12.8 Å². The van der Waals surface area contributed by atoms with Gasteiger partial charge in [-0.3, -0.25) is 4.79 Å². The molecule has 1 aliphatic heterocycles. The highest BCUT2D eigenvalue weighted by Gasteiger charge is 2.47. The largest absolute Gasteiger partial charge is 0.411 e. The van der Waals surface area contributed by atoms with Crippen LogP contribution in [0.3, 0.4) is 0 Å². The monoisotopic (exact) mass is 264 g/mol. The SMILES string of the molecule is CCNC(=O)OC1(C(=O)NC)Nc2ccccc2N1. The first kappa shape index (κ1) is 13.0. The van der Waals surface area contributed by atoms with E-state index in [1.54, 1.807) is 19.1 Å². The summed E-state index contributed by atoms with van der Waals surface area (Å²) in [5.74, 6) is -2.12. The molecule has 0 spiro atoms. The van der Waals surface area contributed by atoms with Crippen LogP contribution in [0, 0.1) is 0 Å². The topological polar surface area (TPSA) is 91.5 Å². The van der Waals surface area contributed by atoms with Gasteiger partial charge >= 0.3 is 17.8 Å². The second-order valence-electron chi connectivity index (χ2n) is 3.98. The van der Waals surface area contributed by atoms with Gasteiger partial charge in [-0.2, -0.15) is 0 Å². The predicted octanol–water partition coefficient (Wildman–Crippen LogP) is 0.670. The molecule has 0 radical (unpaired) electrons. The molecular formula is C12H16N4O3. The maximum Gasteiger partial charge on any atom is 0.411 e. The number of fused-ring (bicyclic) bond motifs is 1. The Morgan fingerprint density at radius 2 is 1.84 bits per heavy atom. The molecule has 0 bridgehead atoms. The Morgan fingerprint density at radius 3 is 2.32 bits per heavy atom. The Labute approximate surface area is 110 Å². The number of rotatable bonds is 3. The van der Waals surface area contributed by atoms with Gasteiger partial charge in [0.05, 0.1) is 11.4 Å². The lowest BCUT2D eigenvalue weighted by molar-refractivity contribution is -0.134. The van der Waals surface area contributed by atoms with Gasteiger partial charge in [-0.05, 0) is 19.1 Å². The van der Waals surface area contributed by atoms with E-state index in [4.69, 9.17) is 4.74 Å². The summed E-state index contributed by atoms with van der Waals surface area (Å²) in [5, 5.41) is 10.7. The van der Waals surface area contributed by atoms with Crippen molar-refractivity contribution in [1.29, 1.82) is 0 Å². The molecule has 7 heteroatoms. The van der Waals surface area contributed by atoms with Gasteiger partial charge in [-0.15, -0.1) is 0 Å². The van der Waals surface area contributed by atoms with Crippen molar-refractivity contribution >= 4 is 23.4 Å². The van der Waals surface area contributed by atoms with Gasteiger partial charge in [-0.1, -0.05) is 12.1 Å². The Bertz CT molecular complexity index is 479. The molecule has 2 rings (SSSR count). The van der Waals surface area contributed by atoms with Crippen molar-refractivity contribution in [3.8, 4) is 0 Å². The van der Waals surface area contributed by atoms with Crippen LogP contribution in [0.15, 0.2) is 24.3 Å². The van der Waals surface area contributed by atoms with Crippen molar-refractivity contribution in [3.05, 3.63) is 24.3 Å². The van der Waals surface area contributed by atoms with E-state index in [1.807, 2.05) is 12.1 Å². The van der Waals surface area contributed by atoms with Crippen molar-refractivity contribution in [2.75, 3.05) is 24.2 Å². The first-order valence-corrected chi connectivity index (χ1v) is 5.95. The summed E-state index contributed by atoms with van der Waals surface area (Å²) < 4.78 is 5.19. The average Bonchev–Trinajstić information content (AvgIpc) is 2.77. The molecule has 1 heterocycles. The third-order valence-electron chi connectivity index (χ3n) is 2.66. The molecule has 7 nitrogen and oxygen atoms in total. The highest BCUT2D eigenvalue weighted by Crippen LogP contribution is 2.34. The van der Waals surface area contributed by atoms with Crippen LogP contribution in [0.4, 0.5) is 16.2 Å². The second kappa shape index (κ2) is 5.05. The summed E-state index contributed by atoms with van der Waals surface area (Å²) >= 11 is 0. The molecule has 0 saturated carbocycles. The Kier molecular flexibility index (Phi) is 3.46. The summed E-state index contributed by atoms with van der Waals surface area (Å²) in [6, 6.07) is 7.21. The lowest BCUT2D eigenvalue weighted by Crippen LogP contribution is -2.58. The van der Waals surface area contributed by atoms with Crippen molar-refractivity contribution < 1.29 is 14.3 Å². The number of alkyl carbamates (subject to hydrolysis) is 1. The van der Waals surface area contributed by atoms with Crippen LogP contribution in [0.2, 0.25) is 0 Å². The van der Waals surface area contributed by atoms with E-state index in [-0.39, 0.29) is 0 Å². The number of anilines is 2. The molecule has 1 aromatic rings. The van der Waals surface area contributed by atoms with E-state index >= 15 is 0 Å². The summed E-state index contributed by atoms with van der Waals surface area (Å²) in [7, 11) is 1.47. The summed E-state index contributed by atoms with van der Waals surface area (Å²) in [6.45, 7) is 2.17. The fraction of sp³-hybridized carbons (Fsp3) is 0.333. The lowest BCUT2D eigenvalue weighted by atomic mass is 10.3. The van der Waals surface area contributed by atoms with E-state index in [1.165, 1.54) is 7.05 Å². The zero-order valence-corrected chi connectivity index (χ0v) is 10.7. The molecule has 102 valence electrons. The van der Waals surface area contributed by atoms with Crippen LogP contribution in [0.25, 0.3) is 0 Å². The lowest BCUT2D eigenvalue weighted by Gasteiger charge is -2.27. The number of nitrogens with one attached hydrogen (secondary N) is 4. The van der Waals surface area contributed by atoms with Gasteiger partial charge in [0.25, 0.3) is 0 Å². The number of para-hydroxylation sites is 2. The molecule has 0 saturated heterocycles. The van der Waals surface area contributed by atoms with Crippen molar-refractivity contribution in [3.63, 3.8) is 0 Å². The molecule has 0 atom stereocenters. The third-order valence-corrected chi connectivity index (χ3v) is 2.66. The van der Waals surface area contributed by atoms with Crippen LogP contribution in [-0.4, -0.2) is 31.4 Å². The number of benzene rings is 1. The highest BCUT2D eigenvalue weighted by atomic mass is 16.6. The van der Waals surface area contributed by atoms with Gasteiger partial charge < -0.3 is 26.0 Å². The van der Waals surface area contributed by atoms with E-state index < -0.39 is 17.8 Å². The molecular weight excluding hydrogens is 248 g/mol. The number of likely N-dealkylation sites (N-methyl/N-ethyl adjacent to an activating group) is 1. The number of ether oxygens (including phenoxy) is 1. The maximum absolute atomic E-state index is 12.0. The fourth-order valence-corrected chi connectivity index (χ4v) is 1.82. The molecule has 1 aliphatic rings. The van der Waals surface area contributed by atoms with Crippen molar-refractivity contribution in [1.82, 2.24) is 10.6 Å². The second-order valence-corrected chi connectivity index (χ2v) is 3.98. The number of hydrogen-bond donors (Lipinski definition) is 4. The number of hydrogen-bond acceptors (Lipinski definition) is 5. The maximum atomic E-state index is 12.0. The van der Waals surface area contributed by atoms with E-state index in [2.05, 4.69) is 21.3 Å². The van der Waals surface area contributed by atoms with Gasteiger partial charge in [0.15, 0.2) is 0 Å². The zero-order valence-electron chi connectivity index (χ0n) is 10.7. The van der Waals surface area contributed by atoms with Gasteiger partial charge in [0, 0.05) is 13.6 Å². The molecule has 2 amide bonds. The standard InChI is InChI=1S/C12H16N4O3/c1-3-14-11(18)19-12(10(17)13-2)15-8-6-4-5-7-9(8)16-12/h4-7,15-16H,3H2,1-2H3,(H,13,17)(H,14,18). The molecule has 1 aromatic carbocycles. The minimum absolute atomic E-state index is 0.412. The predicted molar refractivity (Wildman–Crippen MR) is 70.6 cm³/mol. The van der Waals surface area contributed by atoms with E-state index in [0.29, 0.717) is 17.9 Å². The molecule has 0 unspecified atom stereocenters. The smallest absolute Gasteiger partial charge is 0.394 e. The number of carbonyl (C=O) groups excluding carboxylic acids is 2. The molecule has 0 aromatic heterocycles. The average molecular weight is 264 g/mol. The van der Waals surface area contributed by atoms with E-state index in [9.17, 15) is 9.59 Å². The Balaban J connectivity index is 2.25.